The Morgan fingerprint density at radius 3 is 0.864 bits per heavy atom. The van der Waals surface area contributed by atoms with Gasteiger partial charge >= 0.3 is 0 Å². The quantitative estimate of drug-likeness (QED) is 0.0447. The van der Waals surface area contributed by atoms with Gasteiger partial charge in [-0.1, -0.05) is 136 Å². The number of ether oxygens (including phenoxy) is 4. The lowest BCUT2D eigenvalue weighted by atomic mass is 10.0. The lowest BCUT2D eigenvalue weighted by molar-refractivity contribution is 0.0977. The molecule has 0 aliphatic rings. The summed E-state index contributed by atoms with van der Waals surface area (Å²) in [6, 6.07) is 76.2. The average molecular weight is 911 g/mol. The molecule has 0 saturated heterocycles. The van der Waals surface area contributed by atoms with E-state index in [1.165, 1.54) is 43.0 Å². The summed E-state index contributed by atoms with van der Waals surface area (Å²) < 4.78 is 25.9. The van der Waals surface area contributed by atoms with E-state index >= 15 is 0 Å². The fourth-order valence-corrected chi connectivity index (χ4v) is 17.6. The van der Waals surface area contributed by atoms with Gasteiger partial charge in [0.15, 0.2) is 0 Å². The molecule has 0 aliphatic heterocycles. The van der Waals surface area contributed by atoms with Crippen LogP contribution in [0.2, 0.25) is 0 Å². The molecule has 4 nitrogen and oxygen atoms in total. The molecule has 0 amide bonds. The van der Waals surface area contributed by atoms with Crippen molar-refractivity contribution < 1.29 is 18.9 Å². The summed E-state index contributed by atoms with van der Waals surface area (Å²) in [6.07, 6.45) is 5.84. The number of hydrogen-bond donors (Lipinski definition) is 0. The van der Waals surface area contributed by atoms with E-state index in [1.807, 2.05) is 0 Å². The highest BCUT2D eigenvalue weighted by atomic mass is 31.2. The van der Waals surface area contributed by atoms with Crippen molar-refractivity contribution >= 4 is 57.1 Å². The lowest BCUT2D eigenvalue weighted by Crippen LogP contribution is -2.32. The van der Waals surface area contributed by atoms with Crippen LogP contribution in [0.15, 0.2) is 206 Å². The normalized spacial score (nSPS) is 11.7. The van der Waals surface area contributed by atoms with Crippen LogP contribution in [0.1, 0.15) is 50.7 Å². The Labute approximate surface area is 394 Å². The van der Waals surface area contributed by atoms with Gasteiger partial charge in [0.25, 0.3) is 0 Å². The monoisotopic (exact) mass is 910 g/mol. The number of rotatable bonds is 24. The predicted molar refractivity (Wildman–Crippen MR) is 284 cm³/mol. The van der Waals surface area contributed by atoms with E-state index in [0.29, 0.717) is 26.4 Å². The van der Waals surface area contributed by atoms with E-state index in [1.54, 1.807) is 0 Å². The molecular weight excluding hydrogens is 847 g/mol. The number of fused-ring (bicyclic) bond motifs is 1. The van der Waals surface area contributed by atoms with Crippen LogP contribution < -0.4 is 41.3 Å². The van der Waals surface area contributed by atoms with Gasteiger partial charge in [-0.05, 0) is 121 Å². The van der Waals surface area contributed by atoms with Crippen molar-refractivity contribution in [2.24, 2.45) is 0 Å². The molecule has 0 bridgehead atoms. The van der Waals surface area contributed by atoms with Crippen LogP contribution in [-0.4, -0.2) is 39.6 Å². The molecule has 8 aromatic carbocycles. The van der Waals surface area contributed by atoms with E-state index in [0.717, 1.165) is 73.5 Å². The second-order valence-electron chi connectivity index (χ2n) is 16.8. The van der Waals surface area contributed by atoms with Gasteiger partial charge in [0.05, 0.1) is 13.2 Å². The minimum Gasteiger partial charge on any atom is -0.491 e. The van der Waals surface area contributed by atoms with Gasteiger partial charge in [-0.3, -0.25) is 0 Å². The van der Waals surface area contributed by atoms with Gasteiger partial charge in [-0.15, -0.1) is 0 Å². The first-order valence-corrected chi connectivity index (χ1v) is 27.7. The predicted octanol–water partition coefficient (Wildman–Crippen LogP) is 12.2. The lowest BCUT2D eigenvalue weighted by Gasteiger charge is -2.29. The third-order valence-corrected chi connectivity index (χ3v) is 21.2. The van der Waals surface area contributed by atoms with Crippen LogP contribution in [0.4, 0.5) is 0 Å². The zero-order valence-corrected chi connectivity index (χ0v) is 40.4. The highest BCUT2D eigenvalue weighted by molar-refractivity contribution is 7.95. The second kappa shape index (κ2) is 23.7. The molecule has 6 heteroatoms. The Morgan fingerprint density at radius 2 is 0.591 bits per heavy atom. The van der Waals surface area contributed by atoms with E-state index in [2.05, 4.69) is 220 Å². The van der Waals surface area contributed by atoms with Gasteiger partial charge in [0.1, 0.15) is 83.4 Å². The molecule has 0 heterocycles. The number of hydrogen-bond acceptors (Lipinski definition) is 4. The third kappa shape index (κ3) is 11.0. The Morgan fingerprint density at radius 1 is 0.318 bits per heavy atom. The molecule has 8 rings (SSSR count). The van der Waals surface area contributed by atoms with Crippen LogP contribution in [0.25, 0.3) is 10.8 Å². The minimum atomic E-state index is -2.28. The van der Waals surface area contributed by atoms with Crippen molar-refractivity contribution in [3.05, 3.63) is 217 Å². The summed E-state index contributed by atoms with van der Waals surface area (Å²) in [5.74, 6) is 1.77. The van der Waals surface area contributed by atoms with Gasteiger partial charge in [-0.25, -0.2) is 0 Å². The van der Waals surface area contributed by atoms with Crippen molar-refractivity contribution in [3.8, 4) is 11.5 Å². The van der Waals surface area contributed by atoms with Crippen molar-refractivity contribution in [1.82, 2.24) is 0 Å². The highest BCUT2D eigenvalue weighted by Crippen LogP contribution is 2.61. The molecule has 0 aromatic heterocycles. The van der Waals surface area contributed by atoms with Crippen molar-refractivity contribution in [2.45, 2.75) is 51.9 Å². The van der Waals surface area contributed by atoms with Gasteiger partial charge in [0.2, 0.25) is 0 Å². The summed E-state index contributed by atoms with van der Waals surface area (Å²) in [5.41, 5.74) is 2.36. The average Bonchev–Trinajstić information content (AvgIpc) is 3.38. The largest absolute Gasteiger partial charge is 0.491 e. The number of benzene rings is 8. The Hall–Kier alpha value is -5.60. The highest BCUT2D eigenvalue weighted by Gasteiger charge is 2.47. The summed E-state index contributed by atoms with van der Waals surface area (Å²) in [5, 5.41) is 10.3. The molecule has 336 valence electrons. The van der Waals surface area contributed by atoms with E-state index in [4.69, 9.17) is 18.9 Å². The molecule has 0 aliphatic carbocycles. The van der Waals surface area contributed by atoms with Gasteiger partial charge in [0, 0.05) is 24.3 Å². The Balaban J connectivity index is 1.33. The molecule has 66 heavy (non-hydrogen) atoms. The maximum Gasteiger partial charge on any atom is 0.126 e. The standard InChI is InChI=1S/C60H64O4P2/c1-3-5-37-61-39-41-63-59-45-50-46-60(64-42-40-62-38-6-4-2)52(48-66(56-31-19-10-20-32-56,57-33-21-11-22-34-57)58-35-23-12-24-36-58)44-49(50)43-51(59)47-65(53-25-13-7-14-26-53,54-27-15-8-16-28-54)55-29-17-9-18-30-55/h7-36,43-46H,3-6,37-42,47-48H2,1-2H3/q+2. The summed E-state index contributed by atoms with van der Waals surface area (Å²) in [4.78, 5) is 0. The minimum absolute atomic E-state index is 0.463. The van der Waals surface area contributed by atoms with Crippen LogP contribution >= 0.6 is 14.5 Å². The van der Waals surface area contributed by atoms with E-state index in [9.17, 15) is 0 Å². The molecule has 0 N–H and O–H groups in total. The molecule has 0 atom stereocenters. The molecule has 0 radical (unpaired) electrons. The van der Waals surface area contributed by atoms with Gasteiger partial charge < -0.3 is 18.9 Å². The number of unbranched alkanes of at least 4 members (excludes halogenated alkanes) is 2. The van der Waals surface area contributed by atoms with Crippen LogP contribution in [-0.2, 0) is 21.8 Å². The van der Waals surface area contributed by atoms with Crippen LogP contribution in [0.3, 0.4) is 0 Å². The summed E-state index contributed by atoms with van der Waals surface area (Å²) in [7, 11) is -4.56. The SMILES string of the molecule is CCCCOCCOc1cc2cc(OCCOCCCC)c(C[P+](c3ccccc3)(c3ccccc3)c3ccccc3)cc2cc1C[P+](c1ccccc1)(c1ccccc1)c1ccccc1. The fourth-order valence-electron chi connectivity index (χ4n) is 9.08. The van der Waals surface area contributed by atoms with E-state index in [-0.39, 0.29) is 0 Å². The van der Waals surface area contributed by atoms with Crippen LogP contribution in [0, 0.1) is 0 Å². The maximum atomic E-state index is 6.88. The van der Waals surface area contributed by atoms with Crippen molar-refractivity contribution in [1.29, 1.82) is 0 Å². The first kappa shape index (κ1) is 46.9. The second-order valence-corrected chi connectivity index (χ2v) is 23.8. The molecule has 0 spiro atoms. The summed E-state index contributed by atoms with van der Waals surface area (Å²) in [6.45, 7) is 7.85. The van der Waals surface area contributed by atoms with E-state index < -0.39 is 14.5 Å². The first-order valence-electron chi connectivity index (χ1n) is 23.8. The third-order valence-electron chi connectivity index (χ3n) is 12.5. The van der Waals surface area contributed by atoms with Crippen molar-refractivity contribution in [2.75, 3.05) is 39.6 Å². The topological polar surface area (TPSA) is 36.9 Å². The zero-order chi connectivity index (χ0) is 45.3. The van der Waals surface area contributed by atoms with Gasteiger partial charge in [-0.2, -0.15) is 0 Å². The fraction of sp³-hybridized carbons (Fsp3) is 0.233. The maximum absolute atomic E-state index is 6.88. The van der Waals surface area contributed by atoms with Crippen LogP contribution in [0.5, 0.6) is 11.5 Å². The Bertz CT molecular complexity index is 2290. The molecular formula is C60H64O4P2+2. The summed E-state index contributed by atoms with van der Waals surface area (Å²) >= 11 is 0. The van der Waals surface area contributed by atoms with Crippen molar-refractivity contribution in [3.63, 3.8) is 0 Å². The molecule has 0 unspecified atom stereocenters. The Kier molecular flexibility index (Phi) is 16.9. The molecule has 0 fully saturated rings. The first-order chi connectivity index (χ1) is 32.7. The molecule has 0 saturated carbocycles. The molecule has 8 aromatic rings. The zero-order valence-electron chi connectivity index (χ0n) is 38.6. The smallest absolute Gasteiger partial charge is 0.126 e.